The Bertz CT molecular complexity index is 1270. The second-order valence-electron chi connectivity index (χ2n) is 9.01. The highest BCUT2D eigenvalue weighted by Crippen LogP contribution is 2.42. The van der Waals surface area contributed by atoms with E-state index >= 15 is 0 Å². The van der Waals surface area contributed by atoms with E-state index in [1.807, 2.05) is 24.3 Å². The molecule has 160 valence electrons. The van der Waals surface area contributed by atoms with Crippen molar-refractivity contribution in [1.82, 2.24) is 9.97 Å². The van der Waals surface area contributed by atoms with E-state index in [1.165, 1.54) is 34.7 Å². The van der Waals surface area contributed by atoms with Gasteiger partial charge in [0.2, 0.25) is 0 Å². The van der Waals surface area contributed by atoms with E-state index in [-0.39, 0.29) is 5.91 Å². The third kappa shape index (κ3) is 3.59. The number of rotatable bonds is 4. The minimum absolute atomic E-state index is 0.220. The average molecular weight is 451 g/mol. The summed E-state index contributed by atoms with van der Waals surface area (Å²) in [5.41, 5.74) is 10.6. The Balaban J connectivity index is 1.45. The number of nitrogens with zero attached hydrogens (tertiary/aromatic N) is 2. The number of nitrogens with two attached hydrogens (primary N) is 1. The van der Waals surface area contributed by atoms with Crippen LogP contribution in [0.1, 0.15) is 54.5 Å². The van der Waals surface area contributed by atoms with Crippen LogP contribution in [0.3, 0.4) is 0 Å². The maximum Gasteiger partial charge on any atom is 0.269 e. The van der Waals surface area contributed by atoms with Crippen molar-refractivity contribution < 1.29 is 4.79 Å². The summed E-state index contributed by atoms with van der Waals surface area (Å²) in [6.07, 6.45) is 4.35. The minimum atomic E-state index is -0.220. The van der Waals surface area contributed by atoms with Gasteiger partial charge in [-0.25, -0.2) is 9.97 Å². The molecule has 5 rings (SSSR count). The highest BCUT2D eigenvalue weighted by molar-refractivity contribution is 7.23. The van der Waals surface area contributed by atoms with Gasteiger partial charge in [0.15, 0.2) is 5.13 Å². The number of carbonyl (C=O) groups excluding carboxylic acids is 1. The molecular formula is C24H26N4OS2. The van der Waals surface area contributed by atoms with Crippen molar-refractivity contribution in [2.24, 2.45) is 11.3 Å². The summed E-state index contributed by atoms with van der Waals surface area (Å²) < 4.78 is 1.04. The van der Waals surface area contributed by atoms with Gasteiger partial charge in [0.1, 0.15) is 9.71 Å². The number of anilines is 2. The molecule has 31 heavy (non-hydrogen) atoms. The summed E-state index contributed by atoms with van der Waals surface area (Å²) in [4.78, 5) is 23.7. The first-order valence-corrected chi connectivity index (χ1v) is 12.4. The Morgan fingerprint density at radius 1 is 1.26 bits per heavy atom. The molecule has 0 radical (unpaired) electrons. The number of aromatic nitrogens is 2. The molecule has 0 spiro atoms. The van der Waals surface area contributed by atoms with Gasteiger partial charge in [0.25, 0.3) is 5.91 Å². The molecule has 3 heterocycles. The second kappa shape index (κ2) is 7.57. The standard InChI is InChI=1S/C24H26N4OS2/c1-4-24(2,3)14-9-10-16-13(11-14)12-15-19(25)20(31-22(15)26-16)21(29)28-23-27-17-7-5-6-8-18(17)30-23/h5-8,12,14H,4,9-11,25H2,1-3H3,(H,27,28,29). The second-order valence-corrected chi connectivity index (χ2v) is 11.0. The highest BCUT2D eigenvalue weighted by atomic mass is 32.1. The number of para-hydroxylation sites is 1. The van der Waals surface area contributed by atoms with Gasteiger partial charge in [-0.3, -0.25) is 10.1 Å². The van der Waals surface area contributed by atoms with Crippen molar-refractivity contribution in [2.45, 2.75) is 46.5 Å². The lowest BCUT2D eigenvalue weighted by Gasteiger charge is -2.36. The van der Waals surface area contributed by atoms with E-state index in [0.29, 0.717) is 27.0 Å². The molecule has 0 fully saturated rings. The number of nitrogen functional groups attached to an aromatic ring is 1. The summed E-state index contributed by atoms with van der Waals surface area (Å²) in [5.74, 6) is 0.424. The SMILES string of the molecule is CCC(C)(C)C1CCc2nc3sc(C(=O)Nc4nc5ccccc5s4)c(N)c3cc2C1. The molecule has 0 aliphatic heterocycles. The molecule has 1 unspecified atom stereocenters. The van der Waals surface area contributed by atoms with Crippen LogP contribution in [0.5, 0.6) is 0 Å². The van der Waals surface area contributed by atoms with E-state index in [1.54, 1.807) is 0 Å². The first-order valence-electron chi connectivity index (χ1n) is 10.7. The van der Waals surface area contributed by atoms with E-state index in [9.17, 15) is 4.79 Å². The summed E-state index contributed by atoms with van der Waals surface area (Å²) in [6, 6.07) is 10.0. The van der Waals surface area contributed by atoms with Crippen LogP contribution in [0, 0.1) is 11.3 Å². The zero-order valence-electron chi connectivity index (χ0n) is 18.0. The van der Waals surface area contributed by atoms with Crippen molar-refractivity contribution in [2.75, 3.05) is 11.1 Å². The van der Waals surface area contributed by atoms with Crippen LogP contribution in [0.15, 0.2) is 30.3 Å². The van der Waals surface area contributed by atoms with Gasteiger partial charge < -0.3 is 5.73 Å². The number of hydrogen-bond donors (Lipinski definition) is 2. The van der Waals surface area contributed by atoms with Gasteiger partial charge in [-0.1, -0.05) is 50.7 Å². The summed E-state index contributed by atoms with van der Waals surface area (Å²) in [6.45, 7) is 6.99. The van der Waals surface area contributed by atoms with Gasteiger partial charge in [0, 0.05) is 11.1 Å². The van der Waals surface area contributed by atoms with Gasteiger partial charge in [0.05, 0.1) is 15.9 Å². The lowest BCUT2D eigenvalue weighted by Crippen LogP contribution is -2.29. The molecule has 1 aliphatic rings. The van der Waals surface area contributed by atoms with Gasteiger partial charge in [-0.05, 0) is 54.4 Å². The Kier molecular flexibility index (Phi) is 4.98. The van der Waals surface area contributed by atoms with Crippen LogP contribution in [-0.2, 0) is 12.8 Å². The largest absolute Gasteiger partial charge is 0.397 e. The normalized spacial score (nSPS) is 16.5. The maximum absolute atomic E-state index is 13.0. The predicted molar refractivity (Wildman–Crippen MR) is 131 cm³/mol. The number of pyridine rings is 1. The molecule has 3 aromatic heterocycles. The lowest BCUT2D eigenvalue weighted by molar-refractivity contribution is 0.103. The third-order valence-corrected chi connectivity index (χ3v) is 8.89. The zero-order valence-corrected chi connectivity index (χ0v) is 19.6. The Hall–Kier alpha value is -2.51. The summed E-state index contributed by atoms with van der Waals surface area (Å²) in [7, 11) is 0. The molecule has 3 N–H and O–H groups in total. The van der Waals surface area contributed by atoms with Crippen LogP contribution in [0.4, 0.5) is 10.8 Å². The molecule has 1 atom stereocenters. The summed E-state index contributed by atoms with van der Waals surface area (Å²) >= 11 is 2.83. The number of fused-ring (bicyclic) bond motifs is 3. The molecule has 0 bridgehead atoms. The smallest absolute Gasteiger partial charge is 0.269 e. The Morgan fingerprint density at radius 3 is 2.84 bits per heavy atom. The minimum Gasteiger partial charge on any atom is -0.397 e. The number of thiophene rings is 1. The van der Waals surface area contributed by atoms with Crippen molar-refractivity contribution >= 4 is 59.8 Å². The topological polar surface area (TPSA) is 80.9 Å². The van der Waals surface area contributed by atoms with Crippen LogP contribution in [-0.4, -0.2) is 15.9 Å². The quantitative estimate of drug-likeness (QED) is 0.383. The zero-order chi connectivity index (χ0) is 21.8. The Morgan fingerprint density at radius 2 is 2.06 bits per heavy atom. The number of nitrogens with one attached hydrogen (secondary N) is 1. The molecular weight excluding hydrogens is 424 g/mol. The van der Waals surface area contributed by atoms with Crippen LogP contribution >= 0.6 is 22.7 Å². The maximum atomic E-state index is 13.0. The van der Waals surface area contributed by atoms with E-state index in [4.69, 9.17) is 10.7 Å². The van der Waals surface area contributed by atoms with Crippen molar-refractivity contribution in [1.29, 1.82) is 0 Å². The van der Waals surface area contributed by atoms with Gasteiger partial charge in [-0.2, -0.15) is 0 Å². The van der Waals surface area contributed by atoms with Crippen molar-refractivity contribution in [3.05, 3.63) is 46.5 Å². The van der Waals surface area contributed by atoms with Crippen molar-refractivity contribution in [3.8, 4) is 0 Å². The molecule has 7 heteroatoms. The van der Waals surface area contributed by atoms with Crippen LogP contribution in [0.25, 0.3) is 20.4 Å². The fourth-order valence-electron chi connectivity index (χ4n) is 4.39. The molecule has 4 aromatic rings. The molecule has 5 nitrogen and oxygen atoms in total. The van der Waals surface area contributed by atoms with Gasteiger partial charge >= 0.3 is 0 Å². The monoisotopic (exact) mass is 450 g/mol. The van der Waals surface area contributed by atoms with E-state index in [0.717, 1.165) is 45.4 Å². The fourth-order valence-corrected chi connectivity index (χ4v) is 6.25. The number of thiazole rings is 1. The first-order chi connectivity index (χ1) is 14.9. The predicted octanol–water partition coefficient (Wildman–Crippen LogP) is 6.28. The Labute approximate surface area is 189 Å². The number of benzene rings is 1. The average Bonchev–Trinajstić information content (AvgIpc) is 3.32. The molecule has 1 amide bonds. The molecule has 1 aromatic carbocycles. The van der Waals surface area contributed by atoms with E-state index in [2.05, 4.69) is 37.1 Å². The fraction of sp³-hybridized carbons (Fsp3) is 0.375. The molecule has 0 saturated heterocycles. The number of amides is 1. The third-order valence-electron chi connectivity index (χ3n) is 6.82. The first kappa shape index (κ1) is 20.4. The van der Waals surface area contributed by atoms with Crippen LogP contribution < -0.4 is 11.1 Å². The number of aryl methyl sites for hydroxylation is 1. The highest BCUT2D eigenvalue weighted by Gasteiger charge is 2.32. The summed E-state index contributed by atoms with van der Waals surface area (Å²) in [5, 5.41) is 4.40. The number of hydrogen-bond acceptors (Lipinski definition) is 6. The van der Waals surface area contributed by atoms with Crippen LogP contribution in [0.2, 0.25) is 0 Å². The number of carbonyl (C=O) groups is 1. The van der Waals surface area contributed by atoms with E-state index < -0.39 is 0 Å². The molecule has 1 aliphatic carbocycles. The van der Waals surface area contributed by atoms with Crippen molar-refractivity contribution in [3.63, 3.8) is 0 Å². The van der Waals surface area contributed by atoms with Gasteiger partial charge in [-0.15, -0.1) is 11.3 Å². The molecule has 0 saturated carbocycles. The lowest BCUT2D eigenvalue weighted by atomic mass is 9.69.